The maximum atomic E-state index is 13.2. The molecule has 0 spiro atoms. The van der Waals surface area contributed by atoms with Gasteiger partial charge in [0.1, 0.15) is 11.5 Å². The summed E-state index contributed by atoms with van der Waals surface area (Å²) in [4.78, 5) is 27.7. The average molecular weight is 371 g/mol. The molecule has 2 aromatic rings. The molecule has 4 aliphatic carbocycles. The summed E-state index contributed by atoms with van der Waals surface area (Å²) in [6.07, 6.45) is 5.59. The summed E-state index contributed by atoms with van der Waals surface area (Å²) in [5, 5.41) is 0. The molecule has 5 aliphatic rings. The van der Waals surface area contributed by atoms with Crippen molar-refractivity contribution in [3.8, 4) is 11.5 Å². The Morgan fingerprint density at radius 3 is 2.11 bits per heavy atom. The van der Waals surface area contributed by atoms with E-state index in [4.69, 9.17) is 4.74 Å². The van der Waals surface area contributed by atoms with Crippen molar-refractivity contribution >= 4 is 17.5 Å². The van der Waals surface area contributed by atoms with E-state index in [1.807, 2.05) is 55.5 Å². The number of ether oxygens (including phenoxy) is 1. The first-order valence-corrected chi connectivity index (χ1v) is 10.0. The molecule has 0 unspecified atom stereocenters. The maximum absolute atomic E-state index is 13.2. The fraction of sp³-hybridized carbons (Fsp3) is 0.333. The van der Waals surface area contributed by atoms with Crippen molar-refractivity contribution in [3.63, 3.8) is 0 Å². The summed E-state index contributed by atoms with van der Waals surface area (Å²) in [5.41, 5.74) is 1.78. The molecule has 1 heterocycles. The van der Waals surface area contributed by atoms with Gasteiger partial charge in [0, 0.05) is 0 Å². The summed E-state index contributed by atoms with van der Waals surface area (Å²) in [6.45, 7) is 2.02. The average Bonchev–Trinajstić information content (AvgIpc) is 3.47. The van der Waals surface area contributed by atoms with E-state index in [-0.39, 0.29) is 35.5 Å². The van der Waals surface area contributed by atoms with Crippen LogP contribution in [0, 0.1) is 42.4 Å². The van der Waals surface area contributed by atoms with Gasteiger partial charge in [-0.25, -0.2) is 0 Å². The van der Waals surface area contributed by atoms with Crippen LogP contribution in [0.2, 0.25) is 0 Å². The number of amides is 2. The van der Waals surface area contributed by atoms with Gasteiger partial charge in [0.25, 0.3) is 0 Å². The Morgan fingerprint density at radius 1 is 0.857 bits per heavy atom. The van der Waals surface area contributed by atoms with E-state index in [9.17, 15) is 9.59 Å². The monoisotopic (exact) mass is 371 g/mol. The second-order valence-corrected chi connectivity index (χ2v) is 8.58. The van der Waals surface area contributed by atoms with Gasteiger partial charge in [-0.2, -0.15) is 0 Å². The van der Waals surface area contributed by atoms with Gasteiger partial charge in [-0.1, -0.05) is 24.3 Å². The van der Waals surface area contributed by atoms with E-state index in [0.717, 1.165) is 11.3 Å². The molecule has 0 aromatic heterocycles. The summed E-state index contributed by atoms with van der Waals surface area (Å²) in [7, 11) is 0. The molecule has 4 nitrogen and oxygen atoms in total. The lowest BCUT2D eigenvalue weighted by molar-refractivity contribution is -0.124. The first kappa shape index (κ1) is 16.1. The second-order valence-electron chi connectivity index (χ2n) is 8.58. The van der Waals surface area contributed by atoms with Crippen molar-refractivity contribution < 1.29 is 14.3 Å². The molecule has 4 heteroatoms. The molecule has 1 saturated heterocycles. The topological polar surface area (TPSA) is 46.6 Å². The first-order chi connectivity index (χ1) is 13.6. The Labute approximate surface area is 163 Å². The Bertz CT molecular complexity index is 988. The van der Waals surface area contributed by atoms with Crippen molar-refractivity contribution in [2.75, 3.05) is 4.90 Å². The Hall–Kier alpha value is -2.88. The zero-order chi connectivity index (χ0) is 19.0. The third kappa shape index (κ3) is 2.17. The van der Waals surface area contributed by atoms with Gasteiger partial charge in [-0.05, 0) is 79.0 Å². The lowest BCUT2D eigenvalue weighted by atomic mass is 9.63. The standard InChI is InChI=1S/C24H21NO3/c1-13-3-2-4-16(11-13)28-15-7-5-14(6-8-15)25-23(26)21-17-9-10-18(20-12-19(17)20)22(21)24(25)27/h2-11,17-22H,12H2,1H3/t17-,18+,19-,20-,21+,22-/m1/s1. The Kier molecular flexibility index (Phi) is 3.20. The quantitative estimate of drug-likeness (QED) is 0.595. The number of carbonyl (C=O) groups excluding carboxylic acids is 2. The molecule has 2 saturated carbocycles. The first-order valence-electron chi connectivity index (χ1n) is 10.0. The summed E-state index contributed by atoms with van der Waals surface area (Å²) in [5.74, 6) is 2.86. The highest BCUT2D eigenvalue weighted by molar-refractivity contribution is 6.22. The number of nitrogens with zero attached hydrogens (tertiary/aromatic N) is 1. The van der Waals surface area contributed by atoms with Crippen LogP contribution in [0.25, 0.3) is 0 Å². The van der Waals surface area contributed by atoms with Gasteiger partial charge in [0.15, 0.2) is 0 Å². The molecule has 2 bridgehead atoms. The van der Waals surface area contributed by atoms with E-state index < -0.39 is 0 Å². The maximum Gasteiger partial charge on any atom is 0.238 e. The predicted molar refractivity (Wildman–Crippen MR) is 105 cm³/mol. The number of carbonyl (C=O) groups is 2. The molecular formula is C24H21NO3. The van der Waals surface area contributed by atoms with Crippen molar-refractivity contribution in [1.82, 2.24) is 0 Å². The van der Waals surface area contributed by atoms with Gasteiger partial charge in [0.05, 0.1) is 17.5 Å². The number of allylic oxidation sites excluding steroid dienone is 2. The molecule has 140 valence electrons. The van der Waals surface area contributed by atoms with E-state index in [1.54, 1.807) is 0 Å². The molecule has 6 atom stereocenters. The predicted octanol–water partition coefficient (Wildman–Crippen LogP) is 4.34. The highest BCUT2D eigenvalue weighted by Gasteiger charge is 2.67. The summed E-state index contributed by atoms with van der Waals surface area (Å²) >= 11 is 0. The number of hydrogen-bond acceptors (Lipinski definition) is 3. The minimum atomic E-state index is -0.158. The third-order valence-electron chi connectivity index (χ3n) is 6.98. The molecule has 7 rings (SSSR count). The largest absolute Gasteiger partial charge is 0.457 e. The van der Waals surface area contributed by atoms with Crippen LogP contribution in [0.1, 0.15) is 12.0 Å². The number of aryl methyl sites for hydroxylation is 1. The minimum absolute atomic E-state index is 0.0212. The number of imide groups is 1. The smallest absolute Gasteiger partial charge is 0.238 e. The molecule has 0 N–H and O–H groups in total. The highest BCUT2D eigenvalue weighted by atomic mass is 16.5. The molecule has 1 aliphatic heterocycles. The summed E-state index contributed by atoms with van der Waals surface area (Å²) < 4.78 is 5.89. The molecule has 3 fully saturated rings. The molecule has 28 heavy (non-hydrogen) atoms. The zero-order valence-electron chi connectivity index (χ0n) is 15.6. The van der Waals surface area contributed by atoms with Crippen molar-refractivity contribution in [2.45, 2.75) is 13.3 Å². The van der Waals surface area contributed by atoms with Gasteiger partial charge in [0.2, 0.25) is 11.8 Å². The zero-order valence-corrected chi connectivity index (χ0v) is 15.6. The number of benzene rings is 2. The van der Waals surface area contributed by atoms with Crippen molar-refractivity contribution in [1.29, 1.82) is 0 Å². The van der Waals surface area contributed by atoms with E-state index >= 15 is 0 Å². The third-order valence-corrected chi connectivity index (χ3v) is 6.98. The van der Waals surface area contributed by atoms with Crippen LogP contribution in [0.3, 0.4) is 0 Å². The fourth-order valence-corrected chi connectivity index (χ4v) is 5.69. The van der Waals surface area contributed by atoms with E-state index in [0.29, 0.717) is 23.3 Å². The van der Waals surface area contributed by atoms with Gasteiger partial charge in [-0.3, -0.25) is 14.5 Å². The van der Waals surface area contributed by atoms with E-state index in [2.05, 4.69) is 12.2 Å². The van der Waals surface area contributed by atoms with Gasteiger partial charge >= 0.3 is 0 Å². The molecule has 0 radical (unpaired) electrons. The Morgan fingerprint density at radius 2 is 1.50 bits per heavy atom. The molecule has 2 aromatic carbocycles. The molecular weight excluding hydrogens is 350 g/mol. The lowest BCUT2D eigenvalue weighted by Gasteiger charge is -2.37. The molecule has 2 amide bonds. The van der Waals surface area contributed by atoms with E-state index in [1.165, 1.54) is 11.3 Å². The van der Waals surface area contributed by atoms with Gasteiger partial charge < -0.3 is 4.74 Å². The van der Waals surface area contributed by atoms with Crippen LogP contribution >= 0.6 is 0 Å². The highest BCUT2D eigenvalue weighted by Crippen LogP contribution is 2.65. The minimum Gasteiger partial charge on any atom is -0.457 e. The van der Waals surface area contributed by atoms with Crippen LogP contribution in [-0.4, -0.2) is 11.8 Å². The SMILES string of the molecule is Cc1cccc(Oc2ccc(N3C(=O)[C@@H]4[C@H]5C=C[C@H]([C@H]6C[C@H]56)[C@@H]4C3=O)cc2)c1. The summed E-state index contributed by atoms with van der Waals surface area (Å²) in [6, 6.07) is 15.1. The van der Waals surface area contributed by atoms with Crippen LogP contribution in [0.5, 0.6) is 11.5 Å². The number of anilines is 1. The number of hydrogen-bond donors (Lipinski definition) is 0. The van der Waals surface area contributed by atoms with Crippen molar-refractivity contribution in [2.24, 2.45) is 35.5 Å². The van der Waals surface area contributed by atoms with Crippen LogP contribution < -0.4 is 9.64 Å². The van der Waals surface area contributed by atoms with Gasteiger partial charge in [-0.15, -0.1) is 0 Å². The van der Waals surface area contributed by atoms with Crippen LogP contribution in [0.4, 0.5) is 5.69 Å². The fourth-order valence-electron chi connectivity index (χ4n) is 5.69. The second kappa shape index (κ2) is 5.57. The van der Waals surface area contributed by atoms with Crippen molar-refractivity contribution in [3.05, 3.63) is 66.2 Å². The van der Waals surface area contributed by atoms with Crippen LogP contribution in [0.15, 0.2) is 60.7 Å². The normalized spacial score (nSPS) is 34.4. The van der Waals surface area contributed by atoms with Crippen LogP contribution in [-0.2, 0) is 9.59 Å². The number of rotatable bonds is 3. The lowest BCUT2D eigenvalue weighted by Crippen LogP contribution is -2.40. The Balaban J connectivity index is 1.27.